The molecule has 0 aliphatic heterocycles. The molecule has 164 valence electrons. The summed E-state index contributed by atoms with van der Waals surface area (Å²) < 4.78 is 0. The van der Waals surface area contributed by atoms with E-state index in [1.54, 1.807) is 59.5 Å². The van der Waals surface area contributed by atoms with E-state index in [4.69, 9.17) is 0 Å². The highest BCUT2D eigenvalue weighted by Crippen LogP contribution is 2.30. The third kappa shape index (κ3) is 5.66. The smallest absolute Gasteiger partial charge is 0.295 e. The van der Waals surface area contributed by atoms with Crippen LogP contribution in [-0.2, 0) is 9.59 Å². The Kier molecular flexibility index (Phi) is 7.12. The summed E-state index contributed by atoms with van der Waals surface area (Å²) in [4.78, 5) is 40.9. The lowest BCUT2D eigenvalue weighted by molar-refractivity contribution is -0.384. The van der Waals surface area contributed by atoms with Crippen molar-refractivity contribution in [3.8, 4) is 11.3 Å². The lowest BCUT2D eigenvalue weighted by atomic mass is 10.1. The second kappa shape index (κ2) is 10.2. The lowest BCUT2D eigenvalue weighted by Gasteiger charge is -2.22. The van der Waals surface area contributed by atoms with Crippen LogP contribution in [0.1, 0.15) is 13.8 Å². The van der Waals surface area contributed by atoms with Gasteiger partial charge in [-0.2, -0.15) is 0 Å². The van der Waals surface area contributed by atoms with Crippen LogP contribution < -0.4 is 15.5 Å². The number of likely N-dealkylation sites (N-methyl/N-ethyl adjacent to an activating group) is 1. The minimum atomic E-state index is -0.466. The fourth-order valence-corrected chi connectivity index (χ4v) is 3.14. The molecule has 2 amide bonds. The Morgan fingerprint density at radius 2 is 1.59 bits per heavy atom. The van der Waals surface area contributed by atoms with Gasteiger partial charge in [0, 0.05) is 36.5 Å². The van der Waals surface area contributed by atoms with Crippen LogP contribution in [0.3, 0.4) is 0 Å². The summed E-state index contributed by atoms with van der Waals surface area (Å²) in [6.45, 7) is 3.79. The van der Waals surface area contributed by atoms with Crippen molar-refractivity contribution < 1.29 is 14.5 Å². The van der Waals surface area contributed by atoms with Gasteiger partial charge in [0.05, 0.1) is 11.5 Å². The molecule has 3 rings (SSSR count). The first-order valence-corrected chi connectivity index (χ1v) is 10.0. The van der Waals surface area contributed by atoms with Gasteiger partial charge in [-0.1, -0.05) is 30.3 Å². The number of aromatic nitrogens is 1. The minimum absolute atomic E-state index is 0.0169. The van der Waals surface area contributed by atoms with Crippen LogP contribution in [0.15, 0.2) is 66.7 Å². The van der Waals surface area contributed by atoms with Gasteiger partial charge >= 0.3 is 0 Å². The Bertz CT molecular complexity index is 1120. The Morgan fingerprint density at radius 3 is 2.16 bits per heavy atom. The van der Waals surface area contributed by atoms with E-state index in [9.17, 15) is 19.7 Å². The number of nitrogens with one attached hydrogen (secondary N) is 2. The maximum Gasteiger partial charge on any atom is 0.295 e. The quantitative estimate of drug-likeness (QED) is 0.408. The molecule has 0 aliphatic rings. The fourth-order valence-electron chi connectivity index (χ4n) is 3.14. The van der Waals surface area contributed by atoms with Gasteiger partial charge in [0.2, 0.25) is 11.8 Å². The highest BCUT2D eigenvalue weighted by molar-refractivity contribution is 5.94. The fraction of sp³-hybridized carbons (Fsp3) is 0.174. The maximum absolute atomic E-state index is 12.6. The molecular weight excluding hydrogens is 410 g/mol. The number of carbonyl (C=O) groups excluding carboxylic acids is 2. The molecule has 32 heavy (non-hydrogen) atoms. The standard InChI is InChI=1S/C23H23N5O4/c1-3-27(15-22(30)25-19-11-9-18(10-12-19)24-16(2)29)21-14-13-20(28(31)32)23(26-21)17-7-5-4-6-8-17/h4-14H,3,15H2,1-2H3,(H,24,29)(H,25,30). The van der Waals surface area contributed by atoms with Crippen LogP contribution in [0.5, 0.6) is 0 Å². The van der Waals surface area contributed by atoms with Crippen LogP contribution in [0.4, 0.5) is 22.9 Å². The van der Waals surface area contributed by atoms with Crippen molar-refractivity contribution in [2.75, 3.05) is 28.6 Å². The van der Waals surface area contributed by atoms with E-state index in [-0.39, 0.29) is 29.7 Å². The Labute approximate surface area is 185 Å². The molecule has 0 atom stereocenters. The van der Waals surface area contributed by atoms with E-state index in [1.165, 1.54) is 13.0 Å². The normalized spacial score (nSPS) is 10.3. The molecule has 1 heterocycles. The molecule has 9 heteroatoms. The van der Waals surface area contributed by atoms with Gasteiger partial charge in [0.25, 0.3) is 5.69 Å². The zero-order chi connectivity index (χ0) is 23.1. The summed E-state index contributed by atoms with van der Waals surface area (Å²) in [6, 6.07) is 18.6. The van der Waals surface area contributed by atoms with Crippen molar-refractivity contribution in [1.29, 1.82) is 0 Å². The molecule has 0 spiro atoms. The third-order valence-electron chi connectivity index (χ3n) is 4.63. The van der Waals surface area contributed by atoms with Crippen molar-refractivity contribution in [2.24, 2.45) is 0 Å². The van der Waals surface area contributed by atoms with Gasteiger partial charge in [-0.25, -0.2) is 4.98 Å². The van der Waals surface area contributed by atoms with Crippen molar-refractivity contribution in [3.05, 3.63) is 76.8 Å². The molecule has 0 fully saturated rings. The van der Waals surface area contributed by atoms with Crippen molar-refractivity contribution in [1.82, 2.24) is 4.98 Å². The second-order valence-corrected chi connectivity index (χ2v) is 6.98. The molecule has 0 radical (unpaired) electrons. The van der Waals surface area contributed by atoms with Crippen LogP contribution in [0.2, 0.25) is 0 Å². The number of nitrogens with zero attached hydrogens (tertiary/aromatic N) is 3. The van der Waals surface area contributed by atoms with E-state index in [0.717, 1.165) is 0 Å². The second-order valence-electron chi connectivity index (χ2n) is 6.98. The number of carbonyl (C=O) groups is 2. The summed E-state index contributed by atoms with van der Waals surface area (Å²) in [5.74, 6) is 0.0273. The Morgan fingerprint density at radius 1 is 0.969 bits per heavy atom. The first-order valence-electron chi connectivity index (χ1n) is 10.0. The first kappa shape index (κ1) is 22.4. The zero-order valence-corrected chi connectivity index (χ0v) is 17.7. The van der Waals surface area contributed by atoms with Crippen molar-refractivity contribution in [2.45, 2.75) is 13.8 Å². The number of rotatable bonds is 8. The number of hydrogen-bond acceptors (Lipinski definition) is 6. The monoisotopic (exact) mass is 433 g/mol. The minimum Gasteiger partial charge on any atom is -0.348 e. The van der Waals surface area contributed by atoms with Crippen LogP contribution in [0.25, 0.3) is 11.3 Å². The molecule has 9 nitrogen and oxygen atoms in total. The van der Waals surface area contributed by atoms with Gasteiger partial charge in [-0.05, 0) is 37.3 Å². The highest BCUT2D eigenvalue weighted by atomic mass is 16.6. The summed E-state index contributed by atoms with van der Waals surface area (Å²) in [5, 5.41) is 16.9. The van der Waals surface area contributed by atoms with Gasteiger partial charge in [0.15, 0.2) is 5.69 Å². The average molecular weight is 433 g/mol. The lowest BCUT2D eigenvalue weighted by Crippen LogP contribution is -2.33. The average Bonchev–Trinajstić information content (AvgIpc) is 2.78. The molecular formula is C23H23N5O4. The van der Waals surface area contributed by atoms with E-state index in [2.05, 4.69) is 15.6 Å². The molecule has 2 aromatic carbocycles. The summed E-state index contributed by atoms with van der Waals surface area (Å²) in [7, 11) is 0. The summed E-state index contributed by atoms with van der Waals surface area (Å²) >= 11 is 0. The molecule has 2 N–H and O–H groups in total. The van der Waals surface area contributed by atoms with E-state index >= 15 is 0 Å². The summed E-state index contributed by atoms with van der Waals surface area (Å²) in [5.41, 5.74) is 2.00. The molecule has 0 bridgehead atoms. The van der Waals surface area contributed by atoms with Crippen LogP contribution in [-0.4, -0.2) is 34.8 Å². The van der Waals surface area contributed by atoms with Gasteiger partial charge in [0.1, 0.15) is 5.82 Å². The molecule has 0 saturated heterocycles. The molecule has 0 saturated carbocycles. The number of nitro groups is 1. The third-order valence-corrected chi connectivity index (χ3v) is 4.63. The number of benzene rings is 2. The molecule has 0 aliphatic carbocycles. The van der Waals surface area contributed by atoms with Gasteiger partial charge in [-0.15, -0.1) is 0 Å². The Balaban J connectivity index is 1.77. The zero-order valence-electron chi connectivity index (χ0n) is 17.7. The topological polar surface area (TPSA) is 117 Å². The van der Waals surface area contributed by atoms with Gasteiger partial charge < -0.3 is 15.5 Å². The number of amides is 2. The van der Waals surface area contributed by atoms with E-state index < -0.39 is 4.92 Å². The number of pyridine rings is 1. The van der Waals surface area contributed by atoms with E-state index in [0.29, 0.717) is 29.3 Å². The first-order chi connectivity index (χ1) is 15.4. The summed E-state index contributed by atoms with van der Waals surface area (Å²) in [6.07, 6.45) is 0. The van der Waals surface area contributed by atoms with E-state index in [1.807, 2.05) is 13.0 Å². The largest absolute Gasteiger partial charge is 0.348 e. The predicted octanol–water partition coefficient (Wildman–Crippen LogP) is 4.08. The van der Waals surface area contributed by atoms with Crippen molar-refractivity contribution in [3.63, 3.8) is 0 Å². The number of hydrogen-bond donors (Lipinski definition) is 2. The Hall–Kier alpha value is -4.27. The number of anilines is 3. The van der Waals surface area contributed by atoms with Crippen LogP contribution in [0, 0.1) is 10.1 Å². The van der Waals surface area contributed by atoms with Crippen molar-refractivity contribution >= 4 is 34.7 Å². The molecule has 0 unspecified atom stereocenters. The SMILES string of the molecule is CCN(CC(=O)Nc1ccc(NC(C)=O)cc1)c1ccc([N+](=O)[O-])c(-c2ccccc2)n1. The van der Waals surface area contributed by atoms with Crippen LogP contribution >= 0.6 is 0 Å². The molecule has 3 aromatic rings. The highest BCUT2D eigenvalue weighted by Gasteiger charge is 2.20. The molecule has 1 aromatic heterocycles. The van der Waals surface area contributed by atoms with Gasteiger partial charge in [-0.3, -0.25) is 19.7 Å². The maximum atomic E-state index is 12.6. The predicted molar refractivity (Wildman–Crippen MR) is 124 cm³/mol.